The molecule has 3 rings (SSSR count). The Labute approximate surface area is 194 Å². The number of amides is 1. The molecule has 2 aromatic carbocycles. The second kappa shape index (κ2) is 11.6. The quantitative estimate of drug-likeness (QED) is 0.566. The summed E-state index contributed by atoms with van der Waals surface area (Å²) in [5, 5.41) is 9.98. The van der Waals surface area contributed by atoms with Crippen LogP contribution in [0.4, 0.5) is 0 Å². The summed E-state index contributed by atoms with van der Waals surface area (Å²) in [6, 6.07) is 18.8. The zero-order chi connectivity index (χ0) is 23.7. The molecule has 0 spiro atoms. The topological polar surface area (TPSA) is 110 Å². The molecule has 7 heteroatoms. The molecule has 0 saturated carbocycles. The van der Waals surface area contributed by atoms with Crippen molar-refractivity contribution in [1.82, 2.24) is 4.90 Å². The van der Waals surface area contributed by atoms with Crippen LogP contribution < -0.4 is 5.73 Å². The van der Waals surface area contributed by atoms with Crippen molar-refractivity contribution in [3.8, 4) is 0 Å². The summed E-state index contributed by atoms with van der Waals surface area (Å²) in [5.41, 5.74) is 6.86. The van der Waals surface area contributed by atoms with Crippen molar-refractivity contribution >= 4 is 17.8 Å². The van der Waals surface area contributed by atoms with Gasteiger partial charge in [-0.15, -0.1) is 0 Å². The van der Waals surface area contributed by atoms with E-state index in [4.69, 9.17) is 10.5 Å². The molecule has 0 radical (unpaired) electrons. The number of rotatable bonds is 9. The second-order valence-corrected chi connectivity index (χ2v) is 8.64. The van der Waals surface area contributed by atoms with Gasteiger partial charge >= 0.3 is 11.9 Å². The number of hydrogen-bond acceptors (Lipinski definition) is 5. The molecule has 1 heterocycles. The van der Waals surface area contributed by atoms with Gasteiger partial charge in [-0.05, 0) is 36.8 Å². The summed E-state index contributed by atoms with van der Waals surface area (Å²) < 4.78 is 5.34. The molecule has 0 aromatic heterocycles. The number of likely N-dealkylation sites (tertiary alicyclic amines) is 1. The van der Waals surface area contributed by atoms with Crippen molar-refractivity contribution in [2.24, 2.45) is 11.7 Å². The van der Waals surface area contributed by atoms with Gasteiger partial charge < -0.3 is 20.5 Å². The van der Waals surface area contributed by atoms with Crippen LogP contribution in [0.3, 0.4) is 0 Å². The Kier molecular flexibility index (Phi) is 8.60. The van der Waals surface area contributed by atoms with Gasteiger partial charge in [-0.2, -0.15) is 0 Å². The number of aliphatic carboxylic acids is 1. The van der Waals surface area contributed by atoms with Crippen LogP contribution in [0.5, 0.6) is 0 Å². The Bertz CT molecular complexity index is 934. The molecule has 7 nitrogen and oxygen atoms in total. The fraction of sp³-hybridized carbons (Fsp3) is 0.423. The van der Waals surface area contributed by atoms with E-state index >= 15 is 0 Å². The highest BCUT2D eigenvalue weighted by molar-refractivity contribution is 5.93. The van der Waals surface area contributed by atoms with E-state index in [0.29, 0.717) is 19.4 Å². The number of carboxylic acids is 1. The third-order valence-electron chi connectivity index (χ3n) is 6.25. The maximum Gasteiger partial charge on any atom is 0.325 e. The van der Waals surface area contributed by atoms with Gasteiger partial charge in [0, 0.05) is 6.54 Å². The summed E-state index contributed by atoms with van der Waals surface area (Å²) in [4.78, 5) is 39.6. The van der Waals surface area contributed by atoms with Crippen LogP contribution in [0.1, 0.15) is 43.2 Å². The molecule has 3 N–H and O–H groups in total. The molecule has 1 saturated heterocycles. The predicted molar refractivity (Wildman–Crippen MR) is 124 cm³/mol. The number of nitrogens with zero attached hydrogens (tertiary/aromatic N) is 1. The van der Waals surface area contributed by atoms with Gasteiger partial charge in [-0.1, -0.05) is 73.5 Å². The fourth-order valence-corrected chi connectivity index (χ4v) is 4.37. The molecule has 0 aliphatic carbocycles. The van der Waals surface area contributed by atoms with Gasteiger partial charge in [0.25, 0.3) is 0 Å². The van der Waals surface area contributed by atoms with Crippen molar-refractivity contribution in [2.75, 3.05) is 13.1 Å². The Morgan fingerprint density at radius 1 is 1.00 bits per heavy atom. The molecule has 1 aliphatic rings. The third kappa shape index (κ3) is 6.65. The summed E-state index contributed by atoms with van der Waals surface area (Å²) in [7, 11) is 0. The lowest BCUT2D eigenvalue weighted by molar-refractivity contribution is -0.157. The minimum absolute atomic E-state index is 0.115. The van der Waals surface area contributed by atoms with Crippen molar-refractivity contribution in [1.29, 1.82) is 0 Å². The molecular weight excluding hydrogens is 420 g/mol. The Balaban J connectivity index is 1.70. The third-order valence-corrected chi connectivity index (χ3v) is 6.25. The number of carbonyl (C=O) groups is 3. The van der Waals surface area contributed by atoms with Crippen LogP contribution in [0.25, 0.3) is 0 Å². The number of aryl methyl sites for hydroxylation is 1. The number of carboxylic acid groups (broad SMARTS) is 1. The largest absolute Gasteiger partial charge is 0.481 e. The summed E-state index contributed by atoms with van der Waals surface area (Å²) in [6.07, 6.45) is 3.23. The van der Waals surface area contributed by atoms with Gasteiger partial charge in [0.1, 0.15) is 18.7 Å². The molecule has 33 heavy (non-hydrogen) atoms. The summed E-state index contributed by atoms with van der Waals surface area (Å²) >= 11 is 0. The maximum absolute atomic E-state index is 13.5. The first kappa shape index (κ1) is 24.5. The average Bonchev–Trinajstić information content (AvgIpc) is 2.82. The molecule has 2 unspecified atom stereocenters. The number of nitrogens with two attached hydrogens (primary N) is 1. The molecule has 2 aromatic rings. The predicted octanol–water partition coefficient (Wildman–Crippen LogP) is 3.16. The van der Waals surface area contributed by atoms with Crippen molar-refractivity contribution < 1.29 is 24.2 Å². The zero-order valence-corrected chi connectivity index (χ0v) is 18.8. The SMILES string of the molecule is NC1(C(CCc2ccccc2)C(=O)O)CCCCCN(CC(=O)OCc2ccccc2)C1=O. The van der Waals surface area contributed by atoms with Crippen LogP contribution in [0, 0.1) is 5.92 Å². The molecule has 176 valence electrons. The van der Waals surface area contributed by atoms with Gasteiger partial charge in [-0.25, -0.2) is 0 Å². The van der Waals surface area contributed by atoms with E-state index in [1.54, 1.807) is 0 Å². The van der Waals surface area contributed by atoms with Crippen molar-refractivity contribution in [3.05, 3.63) is 71.8 Å². The summed E-state index contributed by atoms with van der Waals surface area (Å²) in [6.45, 7) is 0.225. The maximum atomic E-state index is 13.5. The first-order chi connectivity index (χ1) is 15.9. The smallest absolute Gasteiger partial charge is 0.325 e. The highest BCUT2D eigenvalue weighted by atomic mass is 16.5. The number of esters is 1. The van der Waals surface area contributed by atoms with E-state index in [1.165, 1.54) is 4.90 Å². The molecule has 1 fully saturated rings. The van der Waals surface area contributed by atoms with E-state index in [0.717, 1.165) is 24.0 Å². The van der Waals surface area contributed by atoms with Crippen LogP contribution in [-0.2, 0) is 32.1 Å². The highest BCUT2D eigenvalue weighted by Gasteiger charge is 2.48. The molecule has 0 bridgehead atoms. The lowest BCUT2D eigenvalue weighted by atomic mass is 9.75. The Morgan fingerprint density at radius 2 is 1.64 bits per heavy atom. The Morgan fingerprint density at radius 3 is 2.27 bits per heavy atom. The minimum atomic E-state index is -1.57. The molecule has 1 amide bonds. The van der Waals surface area contributed by atoms with E-state index in [9.17, 15) is 19.5 Å². The van der Waals surface area contributed by atoms with Gasteiger partial charge in [-0.3, -0.25) is 14.4 Å². The van der Waals surface area contributed by atoms with Crippen LogP contribution in [0.2, 0.25) is 0 Å². The average molecular weight is 453 g/mol. The van der Waals surface area contributed by atoms with Gasteiger partial charge in [0.05, 0.1) is 5.92 Å². The summed E-state index contributed by atoms with van der Waals surface area (Å²) in [5.74, 6) is -3.16. The lowest BCUT2D eigenvalue weighted by Crippen LogP contribution is -2.63. The number of hydrogen-bond donors (Lipinski definition) is 2. The second-order valence-electron chi connectivity index (χ2n) is 8.64. The van der Waals surface area contributed by atoms with Gasteiger partial charge in [0.2, 0.25) is 5.91 Å². The van der Waals surface area contributed by atoms with Crippen molar-refractivity contribution in [3.63, 3.8) is 0 Å². The first-order valence-electron chi connectivity index (χ1n) is 11.4. The van der Waals surface area contributed by atoms with E-state index < -0.39 is 29.3 Å². The molecular formula is C26H32N2O5. The number of carbonyl (C=O) groups excluding carboxylic acids is 2. The van der Waals surface area contributed by atoms with E-state index in [2.05, 4.69) is 0 Å². The zero-order valence-electron chi connectivity index (χ0n) is 18.8. The first-order valence-corrected chi connectivity index (χ1v) is 11.4. The van der Waals surface area contributed by atoms with Crippen LogP contribution in [-0.4, -0.2) is 46.5 Å². The van der Waals surface area contributed by atoms with Crippen LogP contribution >= 0.6 is 0 Å². The number of ether oxygens (including phenoxy) is 1. The van der Waals surface area contributed by atoms with Gasteiger partial charge in [0.15, 0.2) is 0 Å². The van der Waals surface area contributed by atoms with Crippen LogP contribution in [0.15, 0.2) is 60.7 Å². The van der Waals surface area contributed by atoms with E-state index in [-0.39, 0.29) is 26.0 Å². The standard InChI is InChI=1S/C26H32N2O5/c27-26(22(24(30)31)15-14-20-10-4-1-5-11-20)16-8-3-9-17-28(25(26)32)18-23(29)33-19-21-12-6-2-7-13-21/h1-2,4-7,10-13,22H,3,8-9,14-19,27H2,(H,30,31). The van der Waals surface area contributed by atoms with Crippen molar-refractivity contribution in [2.45, 2.75) is 50.7 Å². The molecule has 1 aliphatic heterocycles. The number of benzene rings is 2. The molecule has 2 atom stereocenters. The van der Waals surface area contributed by atoms with E-state index in [1.807, 2.05) is 60.7 Å². The monoisotopic (exact) mass is 452 g/mol. The normalized spacial score (nSPS) is 19.9. The Hall–Kier alpha value is -3.19. The highest BCUT2D eigenvalue weighted by Crippen LogP contribution is 2.30. The minimum Gasteiger partial charge on any atom is -0.481 e. The fourth-order valence-electron chi connectivity index (χ4n) is 4.37. The lowest BCUT2D eigenvalue weighted by Gasteiger charge is -2.39.